The third-order valence-electron chi connectivity index (χ3n) is 4.61. The highest BCUT2D eigenvalue weighted by Crippen LogP contribution is 2.34. The van der Waals surface area contributed by atoms with Gasteiger partial charge in [-0.25, -0.2) is 4.79 Å². The molecule has 3 aromatic carbocycles. The van der Waals surface area contributed by atoms with Crippen LogP contribution in [0.3, 0.4) is 0 Å². The van der Waals surface area contributed by atoms with Crippen LogP contribution in [0.4, 0.5) is 0 Å². The fraction of sp³-hybridized carbons (Fsp3) is 0.120. The molecule has 0 saturated heterocycles. The van der Waals surface area contributed by atoms with Crippen molar-refractivity contribution in [2.24, 2.45) is 0 Å². The van der Waals surface area contributed by atoms with E-state index < -0.39 is 5.97 Å². The lowest BCUT2D eigenvalue weighted by molar-refractivity contribution is 0.0722. The molecule has 0 fully saturated rings. The molecular formula is C25H20ClNO5. The number of benzene rings is 3. The van der Waals surface area contributed by atoms with Gasteiger partial charge in [0.2, 0.25) is 0 Å². The topological polar surface area (TPSA) is 77.8 Å². The number of carbonyl (C=O) groups is 1. The first-order valence-electron chi connectivity index (χ1n) is 9.49. The van der Waals surface area contributed by atoms with E-state index in [9.17, 15) is 10.1 Å². The number of hydrogen-bond donors (Lipinski definition) is 0. The number of halogens is 1. The molecule has 7 heteroatoms. The summed E-state index contributed by atoms with van der Waals surface area (Å²) in [5, 5.41) is 10.1. The normalized spacial score (nSPS) is 10.8. The summed E-state index contributed by atoms with van der Waals surface area (Å²) >= 11 is 5.92. The fourth-order valence-electron chi connectivity index (χ4n) is 3.04. The number of nitriles is 1. The molecule has 3 rings (SSSR count). The van der Waals surface area contributed by atoms with Gasteiger partial charge < -0.3 is 18.9 Å². The SMILES string of the molecule is COc1cc(/C=C(\C#N)c2ccc(Cl)cc2)ccc1OC(=O)c1c(OC)cccc1OC. The van der Waals surface area contributed by atoms with Crippen molar-refractivity contribution in [3.8, 4) is 29.1 Å². The van der Waals surface area contributed by atoms with Crippen molar-refractivity contribution in [1.29, 1.82) is 5.26 Å². The lowest BCUT2D eigenvalue weighted by atomic mass is 10.0. The quantitative estimate of drug-likeness (QED) is 0.201. The Bertz CT molecular complexity index is 1170. The zero-order valence-corrected chi connectivity index (χ0v) is 18.5. The zero-order valence-electron chi connectivity index (χ0n) is 17.7. The maximum atomic E-state index is 12.9. The molecular weight excluding hydrogens is 430 g/mol. The van der Waals surface area contributed by atoms with Crippen LogP contribution in [-0.4, -0.2) is 27.3 Å². The van der Waals surface area contributed by atoms with Crippen molar-refractivity contribution in [2.75, 3.05) is 21.3 Å². The molecule has 0 atom stereocenters. The second-order valence-corrected chi connectivity index (χ2v) is 6.95. The summed E-state index contributed by atoms with van der Waals surface area (Å²) in [5.41, 5.74) is 2.04. The van der Waals surface area contributed by atoms with E-state index in [1.54, 1.807) is 66.7 Å². The van der Waals surface area contributed by atoms with Gasteiger partial charge in [-0.15, -0.1) is 0 Å². The van der Waals surface area contributed by atoms with Gasteiger partial charge in [-0.3, -0.25) is 0 Å². The van der Waals surface area contributed by atoms with Crippen molar-refractivity contribution in [3.05, 3.63) is 82.4 Å². The van der Waals surface area contributed by atoms with Crippen LogP contribution in [0, 0.1) is 11.3 Å². The number of carbonyl (C=O) groups excluding carboxylic acids is 1. The third kappa shape index (κ3) is 5.02. The van der Waals surface area contributed by atoms with Gasteiger partial charge in [-0.05, 0) is 53.6 Å². The van der Waals surface area contributed by atoms with E-state index >= 15 is 0 Å². The van der Waals surface area contributed by atoms with Gasteiger partial charge in [0.15, 0.2) is 11.5 Å². The minimum Gasteiger partial charge on any atom is -0.496 e. The first-order valence-corrected chi connectivity index (χ1v) is 9.87. The monoisotopic (exact) mass is 449 g/mol. The number of methoxy groups -OCH3 is 3. The predicted molar refractivity (Wildman–Crippen MR) is 122 cm³/mol. The molecule has 0 N–H and O–H groups in total. The molecule has 0 amide bonds. The Labute approximate surface area is 191 Å². The highest BCUT2D eigenvalue weighted by atomic mass is 35.5. The van der Waals surface area contributed by atoms with E-state index in [0.717, 1.165) is 5.56 Å². The number of nitrogens with zero attached hydrogens (tertiary/aromatic N) is 1. The van der Waals surface area contributed by atoms with E-state index in [1.807, 2.05) is 0 Å². The standard InChI is InChI=1S/C25H20ClNO5/c1-29-21-5-4-6-22(30-2)24(21)25(28)32-20-12-7-16(14-23(20)31-3)13-18(15-27)17-8-10-19(26)11-9-17/h4-14H,1-3H3/b18-13+. The molecule has 0 aliphatic rings. The molecule has 0 heterocycles. The predicted octanol–water partition coefficient (Wildman–Crippen LogP) is 5.65. The van der Waals surface area contributed by atoms with Gasteiger partial charge in [-0.1, -0.05) is 35.9 Å². The van der Waals surface area contributed by atoms with Gasteiger partial charge in [-0.2, -0.15) is 5.26 Å². The first kappa shape index (κ1) is 22.7. The molecule has 6 nitrogen and oxygen atoms in total. The van der Waals surface area contributed by atoms with Crippen LogP contribution < -0.4 is 18.9 Å². The summed E-state index contributed by atoms with van der Waals surface area (Å²) in [6, 6.07) is 19.2. The molecule has 32 heavy (non-hydrogen) atoms. The molecule has 3 aromatic rings. The Kier molecular flexibility index (Phi) is 7.37. The first-order chi connectivity index (χ1) is 15.5. The molecule has 0 aliphatic heterocycles. The van der Waals surface area contributed by atoms with Gasteiger partial charge in [0.05, 0.1) is 33.0 Å². The van der Waals surface area contributed by atoms with Gasteiger partial charge in [0, 0.05) is 5.02 Å². The molecule has 0 radical (unpaired) electrons. The Morgan fingerprint density at radius 3 is 2.06 bits per heavy atom. The highest BCUT2D eigenvalue weighted by Gasteiger charge is 2.22. The minimum absolute atomic E-state index is 0.165. The molecule has 0 bridgehead atoms. The molecule has 0 spiro atoms. The summed E-state index contributed by atoms with van der Waals surface area (Å²) in [7, 11) is 4.38. The maximum absolute atomic E-state index is 12.9. The molecule has 0 aliphatic carbocycles. The van der Waals surface area contributed by atoms with Crippen molar-refractivity contribution in [3.63, 3.8) is 0 Å². The smallest absolute Gasteiger partial charge is 0.351 e. The number of rotatable bonds is 7. The largest absolute Gasteiger partial charge is 0.496 e. The zero-order chi connectivity index (χ0) is 23.1. The average Bonchev–Trinajstić information content (AvgIpc) is 2.83. The van der Waals surface area contributed by atoms with Crippen LogP contribution in [0.15, 0.2) is 60.7 Å². The van der Waals surface area contributed by atoms with Crippen LogP contribution in [0.25, 0.3) is 11.6 Å². The van der Waals surface area contributed by atoms with Crippen molar-refractivity contribution in [2.45, 2.75) is 0 Å². The Morgan fingerprint density at radius 1 is 0.875 bits per heavy atom. The summed E-state index contributed by atoms with van der Waals surface area (Å²) in [4.78, 5) is 12.9. The van der Waals surface area contributed by atoms with Crippen LogP contribution in [0.5, 0.6) is 23.0 Å². The number of esters is 1. The number of allylic oxidation sites excluding steroid dienone is 1. The summed E-state index contributed by atoms with van der Waals surface area (Å²) in [6.45, 7) is 0. The minimum atomic E-state index is -0.653. The van der Waals surface area contributed by atoms with Gasteiger partial charge >= 0.3 is 5.97 Å². The van der Waals surface area contributed by atoms with Crippen LogP contribution in [0.2, 0.25) is 5.02 Å². The maximum Gasteiger partial charge on any atom is 0.351 e. The van der Waals surface area contributed by atoms with Gasteiger partial charge in [0.1, 0.15) is 17.1 Å². The highest BCUT2D eigenvalue weighted by molar-refractivity contribution is 6.30. The van der Waals surface area contributed by atoms with E-state index in [-0.39, 0.29) is 11.3 Å². The number of hydrogen-bond acceptors (Lipinski definition) is 6. The molecule has 162 valence electrons. The van der Waals surface area contributed by atoms with Gasteiger partial charge in [0.25, 0.3) is 0 Å². The summed E-state index contributed by atoms with van der Waals surface area (Å²) < 4.78 is 21.5. The van der Waals surface area contributed by atoms with E-state index in [1.165, 1.54) is 21.3 Å². The second kappa shape index (κ2) is 10.4. The van der Waals surface area contributed by atoms with Crippen molar-refractivity contribution in [1.82, 2.24) is 0 Å². The van der Waals surface area contributed by atoms with Crippen LogP contribution in [0.1, 0.15) is 21.5 Å². The summed E-state index contributed by atoms with van der Waals surface area (Å²) in [6.07, 6.45) is 1.71. The molecule has 0 saturated carbocycles. The van der Waals surface area contributed by atoms with E-state index in [2.05, 4.69) is 6.07 Å². The van der Waals surface area contributed by atoms with E-state index in [0.29, 0.717) is 33.4 Å². The fourth-order valence-corrected chi connectivity index (χ4v) is 3.16. The third-order valence-corrected chi connectivity index (χ3v) is 4.86. The number of ether oxygens (including phenoxy) is 4. The molecule has 0 aromatic heterocycles. The molecule has 0 unspecified atom stereocenters. The Balaban J connectivity index is 1.92. The second-order valence-electron chi connectivity index (χ2n) is 6.51. The Morgan fingerprint density at radius 2 is 1.50 bits per heavy atom. The average molecular weight is 450 g/mol. The van der Waals surface area contributed by atoms with E-state index in [4.69, 9.17) is 30.5 Å². The van der Waals surface area contributed by atoms with Crippen LogP contribution in [-0.2, 0) is 0 Å². The summed E-state index contributed by atoms with van der Waals surface area (Å²) in [5.74, 6) is 0.547. The lowest BCUT2D eigenvalue weighted by Crippen LogP contribution is -2.12. The van der Waals surface area contributed by atoms with Crippen LogP contribution >= 0.6 is 11.6 Å². The Hall–Kier alpha value is -3.95. The van der Waals surface area contributed by atoms with Crippen molar-refractivity contribution >= 4 is 29.2 Å². The lowest BCUT2D eigenvalue weighted by Gasteiger charge is -2.14. The van der Waals surface area contributed by atoms with Crippen molar-refractivity contribution < 1.29 is 23.7 Å².